The van der Waals surface area contributed by atoms with Gasteiger partial charge in [0, 0.05) is 19.3 Å². The van der Waals surface area contributed by atoms with E-state index < -0.39 is 0 Å². The molecule has 1 N–H and O–H groups in total. The van der Waals surface area contributed by atoms with Crippen LogP contribution < -0.4 is 4.90 Å². The highest BCUT2D eigenvalue weighted by Crippen LogP contribution is 2.36. The summed E-state index contributed by atoms with van der Waals surface area (Å²) in [7, 11) is 0. The molecule has 0 aliphatic carbocycles. The number of aromatic amines is 1. The molecule has 2 unspecified atom stereocenters. The normalized spacial score (nSPS) is 23.8. The van der Waals surface area contributed by atoms with Gasteiger partial charge in [-0.3, -0.25) is 4.79 Å². The second kappa shape index (κ2) is 5.54. The first-order valence-electron chi connectivity index (χ1n) is 8.01. The van der Waals surface area contributed by atoms with Crippen molar-refractivity contribution in [3.8, 4) is 6.07 Å². The van der Waals surface area contributed by atoms with Crippen molar-refractivity contribution in [2.75, 3.05) is 18.0 Å². The highest BCUT2D eigenvalue weighted by atomic mass is 16.2. The van der Waals surface area contributed by atoms with Gasteiger partial charge in [-0.2, -0.15) is 5.26 Å². The SMILES string of the molecule is N#CCC(=O)N1CCCC2C1CCN2c1ncnc2[nH]ccc12. The summed E-state index contributed by atoms with van der Waals surface area (Å²) < 4.78 is 0. The number of nitrogens with zero attached hydrogens (tertiary/aromatic N) is 5. The summed E-state index contributed by atoms with van der Waals surface area (Å²) in [5, 5.41) is 9.83. The molecule has 0 aromatic carbocycles. The van der Waals surface area contributed by atoms with Crippen LogP contribution in [-0.4, -0.2) is 50.9 Å². The summed E-state index contributed by atoms with van der Waals surface area (Å²) in [5.74, 6) is 0.900. The summed E-state index contributed by atoms with van der Waals surface area (Å²) in [5.41, 5.74) is 0.840. The van der Waals surface area contributed by atoms with Crippen LogP contribution in [0.4, 0.5) is 5.82 Å². The summed E-state index contributed by atoms with van der Waals surface area (Å²) >= 11 is 0. The minimum absolute atomic E-state index is 0.0290. The third-order valence-corrected chi connectivity index (χ3v) is 4.97. The number of hydrogen-bond acceptors (Lipinski definition) is 5. The molecule has 118 valence electrons. The Hall–Kier alpha value is -2.62. The lowest BCUT2D eigenvalue weighted by Gasteiger charge is -2.40. The first-order chi connectivity index (χ1) is 11.3. The van der Waals surface area contributed by atoms with E-state index in [1.165, 1.54) is 0 Å². The molecule has 2 aliphatic rings. The largest absolute Gasteiger partial charge is 0.351 e. The lowest BCUT2D eigenvalue weighted by molar-refractivity contribution is -0.133. The van der Waals surface area contributed by atoms with Gasteiger partial charge in [0.05, 0.1) is 23.5 Å². The molecule has 0 bridgehead atoms. The van der Waals surface area contributed by atoms with Crippen LogP contribution >= 0.6 is 0 Å². The van der Waals surface area contributed by atoms with Crippen molar-refractivity contribution < 1.29 is 4.79 Å². The molecule has 4 rings (SSSR count). The number of anilines is 1. The summed E-state index contributed by atoms with van der Waals surface area (Å²) in [4.78, 5) is 28.3. The average molecular weight is 310 g/mol. The van der Waals surface area contributed by atoms with Crippen LogP contribution in [0.2, 0.25) is 0 Å². The molecule has 23 heavy (non-hydrogen) atoms. The Kier molecular flexibility index (Phi) is 3.37. The van der Waals surface area contributed by atoms with Crippen molar-refractivity contribution in [2.24, 2.45) is 0 Å². The van der Waals surface area contributed by atoms with E-state index in [1.54, 1.807) is 6.33 Å². The molecule has 4 heterocycles. The molecule has 7 heteroatoms. The van der Waals surface area contributed by atoms with Gasteiger partial charge >= 0.3 is 0 Å². The number of nitriles is 1. The standard InChI is InChI=1S/C16H18N6O/c17-6-3-14(23)21-8-1-2-12-13(21)5-9-22(12)16-11-4-7-18-15(11)19-10-20-16/h4,7,10,12-13H,1-3,5,8-9H2,(H,18,19,20). The zero-order chi connectivity index (χ0) is 15.8. The Morgan fingerprint density at radius 1 is 1.35 bits per heavy atom. The Morgan fingerprint density at radius 3 is 3.13 bits per heavy atom. The number of likely N-dealkylation sites (tertiary alicyclic amines) is 1. The molecule has 2 fully saturated rings. The van der Waals surface area contributed by atoms with Crippen molar-refractivity contribution in [3.63, 3.8) is 0 Å². The number of amides is 1. The maximum atomic E-state index is 12.2. The lowest BCUT2D eigenvalue weighted by Crippen LogP contribution is -2.52. The molecular weight excluding hydrogens is 292 g/mol. The predicted octanol–water partition coefficient (Wildman–Crippen LogP) is 1.44. The van der Waals surface area contributed by atoms with Gasteiger partial charge in [0.25, 0.3) is 0 Å². The van der Waals surface area contributed by atoms with Gasteiger partial charge in [0.1, 0.15) is 24.2 Å². The van der Waals surface area contributed by atoms with E-state index in [2.05, 4.69) is 19.9 Å². The monoisotopic (exact) mass is 310 g/mol. The first kappa shape index (κ1) is 14.0. The van der Waals surface area contributed by atoms with Gasteiger partial charge < -0.3 is 14.8 Å². The van der Waals surface area contributed by atoms with Gasteiger partial charge in [-0.15, -0.1) is 0 Å². The van der Waals surface area contributed by atoms with Crippen molar-refractivity contribution >= 4 is 22.8 Å². The van der Waals surface area contributed by atoms with E-state index in [4.69, 9.17) is 5.26 Å². The number of carbonyl (C=O) groups is 1. The van der Waals surface area contributed by atoms with E-state index in [-0.39, 0.29) is 24.4 Å². The fourth-order valence-electron chi connectivity index (χ4n) is 4.02. The van der Waals surface area contributed by atoms with Crippen LogP contribution in [0.5, 0.6) is 0 Å². The average Bonchev–Trinajstić information content (AvgIpc) is 3.21. The number of carbonyl (C=O) groups excluding carboxylic acids is 1. The summed E-state index contributed by atoms with van der Waals surface area (Å²) in [6.45, 7) is 1.64. The number of rotatable bonds is 2. The lowest BCUT2D eigenvalue weighted by atomic mass is 9.96. The smallest absolute Gasteiger partial charge is 0.237 e. The fourth-order valence-corrected chi connectivity index (χ4v) is 4.02. The maximum Gasteiger partial charge on any atom is 0.237 e. The molecule has 2 aliphatic heterocycles. The molecule has 1 amide bonds. The highest BCUT2D eigenvalue weighted by molar-refractivity contribution is 5.87. The number of H-pyrrole nitrogens is 1. The van der Waals surface area contributed by atoms with Crippen molar-refractivity contribution in [3.05, 3.63) is 18.6 Å². The van der Waals surface area contributed by atoms with Gasteiger partial charge in [-0.1, -0.05) is 0 Å². The van der Waals surface area contributed by atoms with Crippen LogP contribution in [0.3, 0.4) is 0 Å². The number of piperidine rings is 1. The summed E-state index contributed by atoms with van der Waals surface area (Å²) in [6.07, 6.45) is 6.38. The fraction of sp³-hybridized carbons (Fsp3) is 0.500. The summed E-state index contributed by atoms with van der Waals surface area (Å²) in [6, 6.07) is 4.44. The van der Waals surface area contributed by atoms with Crippen LogP contribution in [0.25, 0.3) is 11.0 Å². The Balaban J connectivity index is 1.65. The van der Waals surface area contributed by atoms with Gasteiger partial charge in [-0.05, 0) is 25.3 Å². The molecular formula is C16H18N6O. The van der Waals surface area contributed by atoms with E-state index in [9.17, 15) is 4.79 Å². The topological polar surface area (TPSA) is 88.9 Å². The van der Waals surface area contributed by atoms with Crippen LogP contribution in [0.15, 0.2) is 18.6 Å². The van der Waals surface area contributed by atoms with Gasteiger partial charge in [-0.25, -0.2) is 9.97 Å². The third-order valence-electron chi connectivity index (χ3n) is 4.97. The molecule has 0 spiro atoms. The number of aromatic nitrogens is 3. The first-order valence-corrected chi connectivity index (χ1v) is 8.01. The zero-order valence-corrected chi connectivity index (χ0v) is 12.8. The van der Waals surface area contributed by atoms with Gasteiger partial charge in [0.15, 0.2) is 0 Å². The van der Waals surface area contributed by atoms with E-state index >= 15 is 0 Å². The number of fused-ring (bicyclic) bond motifs is 2. The minimum atomic E-state index is -0.0430. The quantitative estimate of drug-likeness (QED) is 0.906. The molecule has 2 atom stereocenters. The molecule has 2 saturated heterocycles. The number of nitrogens with one attached hydrogen (secondary N) is 1. The molecule has 0 radical (unpaired) electrons. The van der Waals surface area contributed by atoms with E-state index in [1.807, 2.05) is 23.2 Å². The maximum absolute atomic E-state index is 12.2. The third kappa shape index (κ3) is 2.22. The predicted molar refractivity (Wildman–Crippen MR) is 84.6 cm³/mol. The van der Waals surface area contributed by atoms with Crippen LogP contribution in [0, 0.1) is 11.3 Å². The number of hydrogen-bond donors (Lipinski definition) is 1. The molecule has 2 aromatic heterocycles. The second-order valence-corrected chi connectivity index (χ2v) is 6.12. The van der Waals surface area contributed by atoms with Gasteiger partial charge in [0.2, 0.25) is 5.91 Å². The molecule has 0 saturated carbocycles. The van der Waals surface area contributed by atoms with Crippen molar-refractivity contribution in [1.29, 1.82) is 5.26 Å². The second-order valence-electron chi connectivity index (χ2n) is 6.12. The highest BCUT2D eigenvalue weighted by Gasteiger charge is 2.42. The van der Waals surface area contributed by atoms with Crippen molar-refractivity contribution in [1.82, 2.24) is 19.9 Å². The molecule has 2 aromatic rings. The Bertz CT molecular complexity index is 778. The molecule has 7 nitrogen and oxygen atoms in total. The van der Waals surface area contributed by atoms with Crippen LogP contribution in [0.1, 0.15) is 25.7 Å². The van der Waals surface area contributed by atoms with E-state index in [0.717, 1.165) is 49.2 Å². The van der Waals surface area contributed by atoms with E-state index in [0.29, 0.717) is 0 Å². The Labute approximate surface area is 133 Å². The Morgan fingerprint density at radius 2 is 2.26 bits per heavy atom. The van der Waals surface area contributed by atoms with Crippen molar-refractivity contribution in [2.45, 2.75) is 37.8 Å². The minimum Gasteiger partial charge on any atom is -0.351 e. The zero-order valence-electron chi connectivity index (χ0n) is 12.8. The van der Waals surface area contributed by atoms with Crippen LogP contribution in [-0.2, 0) is 4.79 Å².